The lowest BCUT2D eigenvalue weighted by Gasteiger charge is -2.02. The molecule has 0 spiro atoms. The van der Waals surface area contributed by atoms with Crippen LogP contribution in [-0.2, 0) is 12.3 Å². The van der Waals surface area contributed by atoms with Crippen LogP contribution >= 0.6 is 11.6 Å². The van der Waals surface area contributed by atoms with Gasteiger partial charge in [0.05, 0.1) is 17.7 Å². The first-order chi connectivity index (χ1) is 6.81. The third kappa shape index (κ3) is 2.49. The van der Waals surface area contributed by atoms with Crippen molar-refractivity contribution >= 4 is 11.6 Å². The van der Waals surface area contributed by atoms with Crippen LogP contribution in [0.15, 0.2) is 18.2 Å². The fourth-order valence-electron chi connectivity index (χ4n) is 1.20. The summed E-state index contributed by atoms with van der Waals surface area (Å²) in [5.74, 6) is 0.349. The number of hydrogen-bond acceptors (Lipinski definition) is 2. The van der Waals surface area contributed by atoms with E-state index in [2.05, 4.69) is 12.1 Å². The molecule has 0 aliphatic carbocycles. The van der Waals surface area contributed by atoms with Crippen molar-refractivity contribution in [3.05, 3.63) is 34.9 Å². The lowest BCUT2D eigenvalue weighted by molar-refractivity contribution is 1.01. The molecular weight excluding hydrogens is 196 g/mol. The Hall–Kier alpha value is -1.51. The molecule has 1 aromatic rings. The summed E-state index contributed by atoms with van der Waals surface area (Å²) in [6, 6.07) is 9.73. The molecule has 0 amide bonds. The number of alkyl halides is 1. The smallest absolute Gasteiger partial charge is 0.0995 e. The normalized spacial score (nSPS) is 9.07. The lowest BCUT2D eigenvalue weighted by Crippen LogP contribution is -1.90. The summed E-state index contributed by atoms with van der Waals surface area (Å²) in [4.78, 5) is 0. The molecule has 0 fully saturated rings. The summed E-state index contributed by atoms with van der Waals surface area (Å²) in [5.41, 5.74) is 2.46. The summed E-state index contributed by atoms with van der Waals surface area (Å²) in [5, 5.41) is 17.2. The summed E-state index contributed by atoms with van der Waals surface area (Å²) in [6.45, 7) is 0. The Bertz CT molecular complexity index is 399. The van der Waals surface area contributed by atoms with Gasteiger partial charge in [-0.05, 0) is 23.6 Å². The van der Waals surface area contributed by atoms with Gasteiger partial charge in [0.15, 0.2) is 0 Å². The molecule has 0 radical (unpaired) electrons. The Morgan fingerprint density at radius 2 is 2.07 bits per heavy atom. The molecule has 0 unspecified atom stereocenters. The molecule has 3 heteroatoms. The van der Waals surface area contributed by atoms with Crippen molar-refractivity contribution in [2.45, 2.75) is 18.7 Å². The molecule has 0 aliphatic rings. The maximum absolute atomic E-state index is 8.83. The monoisotopic (exact) mass is 204 g/mol. The zero-order chi connectivity index (χ0) is 10.4. The van der Waals surface area contributed by atoms with Gasteiger partial charge in [0, 0.05) is 12.3 Å². The zero-order valence-corrected chi connectivity index (χ0v) is 8.38. The fraction of sp³-hybridized carbons (Fsp3) is 0.273. The number of benzene rings is 1. The molecule has 2 nitrogen and oxygen atoms in total. The average molecular weight is 205 g/mol. The molecular formula is C11H9ClN2. The molecule has 70 valence electrons. The van der Waals surface area contributed by atoms with E-state index in [4.69, 9.17) is 22.1 Å². The second-order valence-electron chi connectivity index (χ2n) is 2.90. The van der Waals surface area contributed by atoms with Crippen LogP contribution in [0.25, 0.3) is 0 Å². The van der Waals surface area contributed by atoms with Gasteiger partial charge in [0.25, 0.3) is 0 Å². The molecule has 0 saturated carbocycles. The lowest BCUT2D eigenvalue weighted by atomic mass is 10.0. The van der Waals surface area contributed by atoms with Gasteiger partial charge >= 0.3 is 0 Å². The number of aryl methyl sites for hydroxylation is 1. The third-order valence-corrected chi connectivity index (χ3v) is 2.25. The first-order valence-electron chi connectivity index (χ1n) is 4.26. The van der Waals surface area contributed by atoms with E-state index in [-0.39, 0.29) is 0 Å². The van der Waals surface area contributed by atoms with Crippen LogP contribution < -0.4 is 0 Å². The summed E-state index contributed by atoms with van der Waals surface area (Å²) < 4.78 is 0. The minimum Gasteiger partial charge on any atom is -0.198 e. The molecule has 0 aliphatic heterocycles. The van der Waals surface area contributed by atoms with Crippen molar-refractivity contribution in [2.75, 3.05) is 0 Å². The molecule has 0 atom stereocenters. The van der Waals surface area contributed by atoms with Crippen LogP contribution in [0.1, 0.15) is 23.1 Å². The van der Waals surface area contributed by atoms with Crippen LogP contribution in [-0.4, -0.2) is 0 Å². The van der Waals surface area contributed by atoms with Crippen molar-refractivity contribution in [1.29, 1.82) is 10.5 Å². The quantitative estimate of drug-likeness (QED) is 0.711. The molecule has 0 saturated heterocycles. The Kier molecular flexibility index (Phi) is 3.98. The summed E-state index contributed by atoms with van der Waals surface area (Å²) in [6.07, 6.45) is 1.17. The van der Waals surface area contributed by atoms with Crippen LogP contribution in [0.4, 0.5) is 0 Å². The van der Waals surface area contributed by atoms with E-state index in [0.29, 0.717) is 24.3 Å². The highest BCUT2D eigenvalue weighted by atomic mass is 35.5. The highest BCUT2D eigenvalue weighted by Crippen LogP contribution is 2.14. The summed E-state index contributed by atoms with van der Waals surface area (Å²) in [7, 11) is 0. The number of halogens is 1. The van der Waals surface area contributed by atoms with Gasteiger partial charge < -0.3 is 0 Å². The molecule has 0 N–H and O–H groups in total. The van der Waals surface area contributed by atoms with Crippen LogP contribution in [0.2, 0.25) is 0 Å². The van der Waals surface area contributed by atoms with Crippen molar-refractivity contribution in [1.82, 2.24) is 0 Å². The van der Waals surface area contributed by atoms with Gasteiger partial charge in [-0.25, -0.2) is 0 Å². The zero-order valence-electron chi connectivity index (χ0n) is 7.63. The van der Waals surface area contributed by atoms with Gasteiger partial charge in [0.1, 0.15) is 0 Å². The van der Waals surface area contributed by atoms with Gasteiger partial charge in [-0.2, -0.15) is 10.5 Å². The first kappa shape index (κ1) is 10.6. The third-order valence-electron chi connectivity index (χ3n) is 1.96. The molecule has 0 aromatic heterocycles. The van der Waals surface area contributed by atoms with Crippen molar-refractivity contribution in [2.24, 2.45) is 0 Å². The molecule has 1 rings (SSSR count). The van der Waals surface area contributed by atoms with Crippen molar-refractivity contribution < 1.29 is 0 Å². The molecule has 1 aromatic carbocycles. The van der Waals surface area contributed by atoms with Gasteiger partial charge in [-0.1, -0.05) is 12.1 Å². The van der Waals surface area contributed by atoms with E-state index in [9.17, 15) is 0 Å². The number of nitriles is 2. The SMILES string of the molecule is N#CCCc1ccc(CCl)c(C#N)c1. The Labute approximate surface area is 88.3 Å². The maximum atomic E-state index is 8.83. The second kappa shape index (κ2) is 5.27. The van der Waals surface area contributed by atoms with E-state index in [1.165, 1.54) is 0 Å². The van der Waals surface area contributed by atoms with Crippen molar-refractivity contribution in [3.63, 3.8) is 0 Å². The van der Waals surface area contributed by atoms with E-state index < -0.39 is 0 Å². The van der Waals surface area contributed by atoms with E-state index in [1.54, 1.807) is 6.07 Å². The fourth-order valence-corrected chi connectivity index (χ4v) is 1.43. The van der Waals surface area contributed by atoms with Crippen LogP contribution in [0.5, 0.6) is 0 Å². The van der Waals surface area contributed by atoms with Gasteiger partial charge in [-0.3, -0.25) is 0 Å². The standard InChI is InChI=1S/C11H9ClN2/c12-7-10-4-3-9(2-1-5-13)6-11(10)8-14/h3-4,6H,1-2,7H2. The summed E-state index contributed by atoms with van der Waals surface area (Å²) >= 11 is 5.66. The predicted octanol–water partition coefficient (Wildman–Crippen LogP) is 2.75. The molecule has 14 heavy (non-hydrogen) atoms. The van der Waals surface area contributed by atoms with Gasteiger partial charge in [-0.15, -0.1) is 11.6 Å². The Morgan fingerprint density at radius 1 is 1.29 bits per heavy atom. The Balaban J connectivity index is 2.92. The largest absolute Gasteiger partial charge is 0.198 e. The number of nitrogens with zero attached hydrogens (tertiary/aromatic N) is 2. The molecule has 0 heterocycles. The minimum absolute atomic E-state index is 0.349. The topological polar surface area (TPSA) is 47.6 Å². The minimum atomic E-state index is 0.349. The number of hydrogen-bond donors (Lipinski definition) is 0. The van der Waals surface area contributed by atoms with Gasteiger partial charge in [0.2, 0.25) is 0 Å². The average Bonchev–Trinajstić information content (AvgIpc) is 2.25. The highest BCUT2D eigenvalue weighted by molar-refractivity contribution is 6.17. The van der Waals surface area contributed by atoms with Crippen LogP contribution in [0.3, 0.4) is 0 Å². The first-order valence-corrected chi connectivity index (χ1v) is 4.80. The van der Waals surface area contributed by atoms with Crippen molar-refractivity contribution in [3.8, 4) is 12.1 Å². The highest BCUT2D eigenvalue weighted by Gasteiger charge is 2.02. The van der Waals surface area contributed by atoms with E-state index >= 15 is 0 Å². The predicted molar refractivity (Wildman–Crippen MR) is 54.6 cm³/mol. The Morgan fingerprint density at radius 3 is 2.64 bits per heavy atom. The second-order valence-corrected chi connectivity index (χ2v) is 3.16. The number of rotatable bonds is 3. The van der Waals surface area contributed by atoms with E-state index in [1.807, 2.05) is 12.1 Å². The van der Waals surface area contributed by atoms with E-state index in [0.717, 1.165) is 11.1 Å². The van der Waals surface area contributed by atoms with Crippen LogP contribution in [0, 0.1) is 22.7 Å². The molecule has 0 bridgehead atoms. The maximum Gasteiger partial charge on any atom is 0.0995 e.